The molecule has 2 aromatic carbocycles. The molecule has 8 heteroatoms. The molecule has 2 rings (SSSR count). The van der Waals surface area contributed by atoms with Crippen molar-refractivity contribution in [2.45, 2.75) is 6.54 Å². The molecule has 3 N–H and O–H groups in total. The molecule has 0 saturated carbocycles. The number of carbonyl (C=O) groups excluding carboxylic acids is 1. The van der Waals surface area contributed by atoms with Gasteiger partial charge in [-0.3, -0.25) is 9.79 Å². The molecule has 134 valence electrons. The van der Waals surface area contributed by atoms with Crippen LogP contribution >= 0.6 is 35.6 Å². The van der Waals surface area contributed by atoms with Crippen LogP contribution in [0, 0.1) is 5.82 Å². The van der Waals surface area contributed by atoms with Crippen molar-refractivity contribution in [3.8, 4) is 0 Å². The molecule has 0 aliphatic rings. The zero-order valence-electron chi connectivity index (χ0n) is 13.6. The highest BCUT2D eigenvalue weighted by molar-refractivity contribution is 14.0. The number of nitrogens with one attached hydrogen (secondary N) is 3. The van der Waals surface area contributed by atoms with Gasteiger partial charge in [0.1, 0.15) is 5.82 Å². The van der Waals surface area contributed by atoms with E-state index in [1.807, 2.05) is 18.2 Å². The Morgan fingerprint density at radius 2 is 1.88 bits per heavy atom. The van der Waals surface area contributed by atoms with Crippen LogP contribution in [0.2, 0.25) is 5.02 Å². The molecule has 0 radical (unpaired) electrons. The van der Waals surface area contributed by atoms with Gasteiger partial charge in [-0.25, -0.2) is 4.39 Å². The molecule has 0 atom stereocenters. The molecule has 0 bridgehead atoms. The lowest BCUT2D eigenvalue weighted by molar-refractivity contribution is -0.115. The van der Waals surface area contributed by atoms with Crippen LogP contribution < -0.4 is 16.0 Å². The summed E-state index contributed by atoms with van der Waals surface area (Å²) < 4.78 is 12.8. The summed E-state index contributed by atoms with van der Waals surface area (Å²) in [5, 5.41) is 9.32. The number of hydrogen-bond acceptors (Lipinski definition) is 2. The van der Waals surface area contributed by atoms with Crippen LogP contribution in [0.25, 0.3) is 0 Å². The topological polar surface area (TPSA) is 65.5 Å². The summed E-state index contributed by atoms with van der Waals surface area (Å²) in [6, 6.07) is 13.0. The first kappa shape index (κ1) is 21.2. The van der Waals surface area contributed by atoms with Gasteiger partial charge < -0.3 is 16.0 Å². The maximum absolute atomic E-state index is 12.8. The number of aliphatic imine (C=N–C) groups is 1. The minimum Gasteiger partial charge on any atom is -0.352 e. The Morgan fingerprint density at radius 3 is 2.52 bits per heavy atom. The van der Waals surface area contributed by atoms with Crippen molar-refractivity contribution >= 4 is 53.1 Å². The Bertz CT molecular complexity index is 725. The number of guanidine groups is 1. The van der Waals surface area contributed by atoms with Gasteiger partial charge in [-0.1, -0.05) is 23.7 Å². The number of rotatable bonds is 5. The van der Waals surface area contributed by atoms with Gasteiger partial charge in [0.25, 0.3) is 0 Å². The third kappa shape index (κ3) is 7.70. The lowest BCUT2D eigenvalue weighted by Gasteiger charge is -2.12. The fourth-order valence-corrected chi connectivity index (χ4v) is 2.17. The van der Waals surface area contributed by atoms with E-state index in [0.717, 1.165) is 5.56 Å². The average Bonchev–Trinajstić information content (AvgIpc) is 2.57. The molecule has 5 nitrogen and oxygen atoms in total. The van der Waals surface area contributed by atoms with E-state index in [2.05, 4.69) is 20.9 Å². The van der Waals surface area contributed by atoms with Gasteiger partial charge in [0.05, 0.1) is 6.54 Å². The minimum atomic E-state index is -0.350. The molecular weight excluding hydrogens is 458 g/mol. The number of benzene rings is 2. The van der Waals surface area contributed by atoms with E-state index in [9.17, 15) is 9.18 Å². The fraction of sp³-hybridized carbons (Fsp3) is 0.176. The zero-order chi connectivity index (χ0) is 17.4. The van der Waals surface area contributed by atoms with Crippen molar-refractivity contribution in [1.29, 1.82) is 0 Å². The maximum atomic E-state index is 12.8. The van der Waals surface area contributed by atoms with Crippen LogP contribution in [-0.4, -0.2) is 25.5 Å². The summed E-state index contributed by atoms with van der Waals surface area (Å²) in [6.45, 7) is 0.562. The van der Waals surface area contributed by atoms with Crippen LogP contribution in [-0.2, 0) is 11.3 Å². The summed E-state index contributed by atoms with van der Waals surface area (Å²) in [4.78, 5) is 15.9. The van der Waals surface area contributed by atoms with E-state index in [4.69, 9.17) is 11.6 Å². The largest absolute Gasteiger partial charge is 0.352 e. The predicted molar refractivity (Wildman–Crippen MR) is 110 cm³/mol. The second kappa shape index (κ2) is 10.9. The molecule has 0 aliphatic heterocycles. The molecule has 0 saturated heterocycles. The van der Waals surface area contributed by atoms with Gasteiger partial charge in [0.15, 0.2) is 5.96 Å². The third-order valence-electron chi connectivity index (χ3n) is 3.12. The number of amides is 1. The van der Waals surface area contributed by atoms with Crippen molar-refractivity contribution in [1.82, 2.24) is 10.6 Å². The van der Waals surface area contributed by atoms with Crippen molar-refractivity contribution in [3.63, 3.8) is 0 Å². The highest BCUT2D eigenvalue weighted by atomic mass is 127. The molecule has 0 aromatic heterocycles. The summed E-state index contributed by atoms with van der Waals surface area (Å²) in [6.07, 6.45) is 0. The molecule has 0 spiro atoms. The lowest BCUT2D eigenvalue weighted by Crippen LogP contribution is -2.41. The Morgan fingerprint density at radius 1 is 1.16 bits per heavy atom. The number of halogens is 3. The number of hydrogen-bond donors (Lipinski definition) is 3. The normalized spacial score (nSPS) is 10.6. The summed E-state index contributed by atoms with van der Waals surface area (Å²) >= 11 is 5.93. The first-order valence-electron chi connectivity index (χ1n) is 7.31. The van der Waals surface area contributed by atoms with Crippen molar-refractivity contribution in [2.24, 2.45) is 4.99 Å². The summed E-state index contributed by atoms with van der Waals surface area (Å²) in [7, 11) is 1.62. The smallest absolute Gasteiger partial charge is 0.243 e. The van der Waals surface area contributed by atoms with Crippen LogP contribution in [0.1, 0.15) is 5.56 Å². The molecule has 0 aliphatic carbocycles. The van der Waals surface area contributed by atoms with Gasteiger partial charge >= 0.3 is 0 Å². The van der Waals surface area contributed by atoms with Gasteiger partial charge in [-0.2, -0.15) is 0 Å². The van der Waals surface area contributed by atoms with E-state index in [1.54, 1.807) is 13.1 Å². The van der Waals surface area contributed by atoms with Crippen LogP contribution in [0.15, 0.2) is 53.5 Å². The minimum absolute atomic E-state index is 0. The second-order valence-electron chi connectivity index (χ2n) is 4.96. The van der Waals surface area contributed by atoms with E-state index >= 15 is 0 Å². The molecule has 2 aromatic rings. The Kier molecular flexibility index (Phi) is 9.22. The molecule has 1 amide bonds. The molecular formula is C17H19ClFIN4O. The van der Waals surface area contributed by atoms with Crippen LogP contribution in [0.5, 0.6) is 0 Å². The molecule has 0 unspecified atom stereocenters. The Labute approximate surface area is 168 Å². The SMILES string of the molecule is CN=C(NCC(=O)Nc1ccc(F)cc1)NCc1cccc(Cl)c1.I. The molecule has 25 heavy (non-hydrogen) atoms. The van der Waals surface area contributed by atoms with Gasteiger partial charge in [0.2, 0.25) is 5.91 Å². The first-order valence-corrected chi connectivity index (χ1v) is 7.69. The van der Waals surface area contributed by atoms with Crippen molar-refractivity contribution < 1.29 is 9.18 Å². The Balaban J connectivity index is 0.00000312. The van der Waals surface area contributed by atoms with E-state index in [-0.39, 0.29) is 42.2 Å². The van der Waals surface area contributed by atoms with E-state index in [0.29, 0.717) is 23.2 Å². The lowest BCUT2D eigenvalue weighted by atomic mass is 10.2. The number of anilines is 1. The highest BCUT2D eigenvalue weighted by Crippen LogP contribution is 2.10. The van der Waals surface area contributed by atoms with Crippen LogP contribution in [0.3, 0.4) is 0 Å². The van der Waals surface area contributed by atoms with E-state index in [1.165, 1.54) is 24.3 Å². The number of nitrogens with zero attached hydrogens (tertiary/aromatic N) is 1. The molecule has 0 fully saturated rings. The quantitative estimate of drug-likeness (QED) is 0.352. The summed E-state index contributed by atoms with van der Waals surface area (Å²) in [5.41, 5.74) is 1.53. The van der Waals surface area contributed by atoms with Crippen molar-refractivity contribution in [3.05, 3.63) is 64.9 Å². The monoisotopic (exact) mass is 476 g/mol. The number of carbonyl (C=O) groups is 1. The maximum Gasteiger partial charge on any atom is 0.243 e. The standard InChI is InChI=1S/C17H18ClFN4O.HI/c1-20-17(21-10-12-3-2-4-13(18)9-12)22-11-16(24)23-15-7-5-14(19)6-8-15;/h2-9H,10-11H2,1H3,(H,23,24)(H2,20,21,22);1H. The second-order valence-corrected chi connectivity index (χ2v) is 5.40. The zero-order valence-corrected chi connectivity index (χ0v) is 16.6. The van der Waals surface area contributed by atoms with Gasteiger partial charge in [-0.05, 0) is 42.0 Å². The molecule has 0 heterocycles. The van der Waals surface area contributed by atoms with Gasteiger partial charge in [-0.15, -0.1) is 24.0 Å². The summed E-state index contributed by atoms with van der Waals surface area (Å²) in [5.74, 6) is -0.117. The van der Waals surface area contributed by atoms with Gasteiger partial charge in [0, 0.05) is 24.3 Å². The van der Waals surface area contributed by atoms with Crippen molar-refractivity contribution in [2.75, 3.05) is 18.9 Å². The Hall–Kier alpha value is -1.87. The van der Waals surface area contributed by atoms with Crippen LogP contribution in [0.4, 0.5) is 10.1 Å². The fourth-order valence-electron chi connectivity index (χ4n) is 1.96. The average molecular weight is 477 g/mol. The van der Waals surface area contributed by atoms with E-state index < -0.39 is 0 Å². The first-order chi connectivity index (χ1) is 11.6. The highest BCUT2D eigenvalue weighted by Gasteiger charge is 2.05. The third-order valence-corrected chi connectivity index (χ3v) is 3.35. The predicted octanol–water partition coefficient (Wildman–Crippen LogP) is 3.40.